The highest BCUT2D eigenvalue weighted by atomic mass is 32.2. The number of carboxylic acid groups (broad SMARTS) is 1. The van der Waals surface area contributed by atoms with Crippen molar-refractivity contribution in [3.8, 4) is 5.75 Å². The minimum Gasteiger partial charge on any atom is -0.494 e. The van der Waals surface area contributed by atoms with Gasteiger partial charge in [-0.2, -0.15) is 11.8 Å². The van der Waals surface area contributed by atoms with Crippen molar-refractivity contribution in [2.45, 2.75) is 51.0 Å². The Balaban J connectivity index is 2.24. The molecule has 0 saturated heterocycles. The zero-order valence-electron chi connectivity index (χ0n) is 19.2. The molecule has 1 aromatic rings. The molecule has 0 aromatic heterocycles. The van der Waals surface area contributed by atoms with E-state index in [9.17, 15) is 19.5 Å². The highest BCUT2D eigenvalue weighted by Gasteiger charge is 2.31. The third-order valence-electron chi connectivity index (χ3n) is 5.31. The molecular formula is C22H34BN3O6S. The van der Waals surface area contributed by atoms with Crippen molar-refractivity contribution in [1.29, 1.82) is 0 Å². The van der Waals surface area contributed by atoms with Gasteiger partial charge in [-0.05, 0) is 48.6 Å². The van der Waals surface area contributed by atoms with Crippen LogP contribution in [0.25, 0.3) is 0 Å². The predicted octanol–water partition coefficient (Wildman–Crippen LogP) is 0.918. The number of carboxylic acids is 1. The van der Waals surface area contributed by atoms with E-state index in [1.54, 1.807) is 13.8 Å². The van der Waals surface area contributed by atoms with E-state index in [-0.39, 0.29) is 31.8 Å². The lowest BCUT2D eigenvalue weighted by atomic mass is 9.75. The van der Waals surface area contributed by atoms with Gasteiger partial charge in [-0.1, -0.05) is 26.0 Å². The van der Waals surface area contributed by atoms with E-state index in [1.165, 1.54) is 11.8 Å². The summed E-state index contributed by atoms with van der Waals surface area (Å²) in [5, 5.41) is 14.9. The SMILES string of the molecule is CC(C)[C@@H]1NC(=O)[C@@H](BOCN)Cc2ccc(cc2)OCCCCSC[C@@H](C(=O)O)NC1=O. The summed E-state index contributed by atoms with van der Waals surface area (Å²) in [6, 6.07) is 5.66. The zero-order chi connectivity index (χ0) is 24.2. The topological polar surface area (TPSA) is 140 Å². The fourth-order valence-corrected chi connectivity index (χ4v) is 4.42. The first kappa shape index (κ1) is 27.0. The van der Waals surface area contributed by atoms with E-state index < -0.39 is 29.8 Å². The Morgan fingerprint density at radius 3 is 2.61 bits per heavy atom. The Morgan fingerprint density at radius 1 is 1.24 bits per heavy atom. The summed E-state index contributed by atoms with van der Waals surface area (Å²) >= 11 is 1.47. The first-order valence-electron chi connectivity index (χ1n) is 11.2. The predicted molar refractivity (Wildman–Crippen MR) is 130 cm³/mol. The van der Waals surface area contributed by atoms with Crippen LogP contribution in [0, 0.1) is 5.92 Å². The second-order valence-electron chi connectivity index (χ2n) is 8.34. The molecule has 11 heteroatoms. The van der Waals surface area contributed by atoms with Gasteiger partial charge in [0.05, 0.1) is 13.3 Å². The Morgan fingerprint density at radius 2 is 1.97 bits per heavy atom. The molecule has 0 spiro atoms. The third kappa shape index (κ3) is 9.27. The molecule has 0 fully saturated rings. The average Bonchev–Trinajstić information content (AvgIpc) is 2.78. The summed E-state index contributed by atoms with van der Waals surface area (Å²) < 4.78 is 11.1. The Hall–Kier alpha value is -2.24. The van der Waals surface area contributed by atoms with Crippen LogP contribution in [0.5, 0.6) is 5.75 Å². The van der Waals surface area contributed by atoms with E-state index in [0.29, 0.717) is 13.0 Å². The van der Waals surface area contributed by atoms with Crippen LogP contribution in [0.15, 0.2) is 24.3 Å². The minimum absolute atomic E-state index is 0.0252. The number of carbonyl (C=O) groups excluding carboxylic acids is 2. The lowest BCUT2D eigenvalue weighted by Gasteiger charge is -2.26. The van der Waals surface area contributed by atoms with Gasteiger partial charge in [0.1, 0.15) is 17.8 Å². The van der Waals surface area contributed by atoms with Crippen molar-refractivity contribution in [1.82, 2.24) is 10.6 Å². The second-order valence-corrected chi connectivity index (χ2v) is 9.49. The molecule has 2 aliphatic rings. The van der Waals surface area contributed by atoms with Crippen LogP contribution in [-0.4, -0.2) is 67.3 Å². The van der Waals surface area contributed by atoms with Gasteiger partial charge in [0, 0.05) is 11.6 Å². The average molecular weight is 479 g/mol. The van der Waals surface area contributed by atoms with E-state index in [1.807, 2.05) is 24.3 Å². The molecule has 0 saturated carbocycles. The van der Waals surface area contributed by atoms with Gasteiger partial charge >= 0.3 is 5.97 Å². The van der Waals surface area contributed by atoms with Gasteiger partial charge in [-0.25, -0.2) is 4.79 Å². The Bertz CT molecular complexity index is 780. The number of hydrogen-bond acceptors (Lipinski definition) is 7. The maximum atomic E-state index is 13.1. The molecule has 0 aliphatic carbocycles. The van der Waals surface area contributed by atoms with Crippen molar-refractivity contribution >= 4 is 37.0 Å². The van der Waals surface area contributed by atoms with Crippen LogP contribution in [0.4, 0.5) is 0 Å². The fraction of sp³-hybridized carbons (Fsp3) is 0.591. The number of ether oxygens (including phenoxy) is 1. The molecule has 1 aromatic carbocycles. The van der Waals surface area contributed by atoms with Crippen molar-refractivity contribution in [3.05, 3.63) is 29.8 Å². The normalized spacial score (nSPS) is 23.5. The fourth-order valence-electron chi connectivity index (χ4n) is 3.38. The van der Waals surface area contributed by atoms with Crippen molar-refractivity contribution in [2.75, 3.05) is 24.8 Å². The van der Waals surface area contributed by atoms with Gasteiger partial charge in [-0.3, -0.25) is 9.59 Å². The number of carbonyl (C=O) groups is 3. The lowest BCUT2D eigenvalue weighted by molar-refractivity contribution is -0.141. The third-order valence-corrected chi connectivity index (χ3v) is 6.46. The van der Waals surface area contributed by atoms with Crippen LogP contribution in [-0.2, 0) is 25.5 Å². The van der Waals surface area contributed by atoms with Crippen LogP contribution >= 0.6 is 11.8 Å². The van der Waals surface area contributed by atoms with Crippen LogP contribution in [0.2, 0.25) is 5.82 Å². The maximum absolute atomic E-state index is 13.1. The molecule has 0 radical (unpaired) electrons. The molecule has 0 unspecified atom stereocenters. The summed E-state index contributed by atoms with van der Waals surface area (Å²) in [6.45, 7) is 4.14. The molecule has 2 heterocycles. The number of nitrogens with one attached hydrogen (secondary N) is 2. The van der Waals surface area contributed by atoms with E-state index >= 15 is 0 Å². The zero-order valence-corrected chi connectivity index (χ0v) is 20.1. The summed E-state index contributed by atoms with van der Waals surface area (Å²) in [7, 11) is 0.0986. The van der Waals surface area contributed by atoms with Crippen LogP contribution in [0.3, 0.4) is 0 Å². The van der Waals surface area contributed by atoms with E-state index in [4.69, 9.17) is 15.1 Å². The van der Waals surface area contributed by atoms with Crippen LogP contribution in [0.1, 0.15) is 32.3 Å². The molecule has 182 valence electrons. The Kier molecular flexibility index (Phi) is 11.6. The molecular weight excluding hydrogens is 445 g/mol. The van der Waals surface area contributed by atoms with Gasteiger partial charge in [0.15, 0.2) is 0 Å². The monoisotopic (exact) mass is 479 g/mol. The number of nitrogens with two attached hydrogens (primary N) is 1. The standard InChI is InChI=1S/C22H34BN3O6S/c1-14(2)19-21(28)25-18(22(29)30)12-33-10-4-3-9-31-16-7-5-15(6-8-16)11-17(20(27)26-19)23-32-13-24/h5-8,14,17-19,23H,3-4,9-13,24H2,1-2H3,(H,25,28)(H,26,27)(H,29,30)/t17-,18-,19-/m0/s1. The first-order valence-corrected chi connectivity index (χ1v) is 12.4. The number of amides is 2. The van der Waals surface area contributed by atoms with Gasteiger partial charge in [0.25, 0.3) is 7.48 Å². The van der Waals surface area contributed by atoms with Gasteiger partial charge < -0.3 is 30.9 Å². The molecule has 2 amide bonds. The smallest absolute Gasteiger partial charge is 0.327 e. The van der Waals surface area contributed by atoms with Crippen molar-refractivity contribution < 1.29 is 28.9 Å². The molecule has 3 atom stereocenters. The number of benzene rings is 1. The summed E-state index contributed by atoms with van der Waals surface area (Å²) in [5.41, 5.74) is 6.38. The van der Waals surface area contributed by atoms with Crippen LogP contribution < -0.4 is 21.1 Å². The lowest BCUT2D eigenvalue weighted by Crippen LogP contribution is -2.55. The quantitative estimate of drug-likeness (QED) is 0.361. The molecule has 33 heavy (non-hydrogen) atoms. The number of thioether (sulfide) groups is 1. The highest BCUT2D eigenvalue weighted by molar-refractivity contribution is 7.99. The van der Waals surface area contributed by atoms with E-state index in [0.717, 1.165) is 29.9 Å². The number of fused-ring (bicyclic) bond motifs is 16. The molecule has 3 rings (SSSR count). The maximum Gasteiger partial charge on any atom is 0.327 e. The summed E-state index contributed by atoms with van der Waals surface area (Å²) in [5.74, 6) is -1.01. The molecule has 5 N–H and O–H groups in total. The molecule has 2 bridgehead atoms. The highest BCUT2D eigenvalue weighted by Crippen LogP contribution is 2.19. The van der Waals surface area contributed by atoms with Gasteiger partial charge in [-0.15, -0.1) is 0 Å². The van der Waals surface area contributed by atoms with Gasteiger partial charge in [0.2, 0.25) is 11.8 Å². The molecule has 2 aliphatic heterocycles. The number of rotatable bonds is 5. The minimum atomic E-state index is -1.10. The number of hydrogen-bond donors (Lipinski definition) is 4. The van der Waals surface area contributed by atoms with Crippen molar-refractivity contribution in [3.63, 3.8) is 0 Å². The van der Waals surface area contributed by atoms with E-state index in [2.05, 4.69) is 10.6 Å². The number of aliphatic carboxylic acids is 1. The first-order chi connectivity index (χ1) is 15.8. The summed E-state index contributed by atoms with van der Waals surface area (Å²) in [6.07, 6.45) is 2.11. The van der Waals surface area contributed by atoms with Crippen molar-refractivity contribution in [2.24, 2.45) is 11.7 Å². The Labute approximate surface area is 199 Å². The largest absolute Gasteiger partial charge is 0.494 e. The summed E-state index contributed by atoms with van der Waals surface area (Å²) in [4.78, 5) is 37.7. The molecule has 9 nitrogen and oxygen atoms in total. The second kappa shape index (κ2) is 14.1.